The molecule has 0 radical (unpaired) electrons. The molecule has 0 spiro atoms. The van der Waals surface area contributed by atoms with Crippen LogP contribution in [0.1, 0.15) is 60.0 Å². The number of imide groups is 1. The van der Waals surface area contributed by atoms with E-state index in [0.717, 1.165) is 37.1 Å². The number of hydrogen-bond donors (Lipinski definition) is 2. The highest BCUT2D eigenvalue weighted by atomic mass is 19.4. The van der Waals surface area contributed by atoms with Gasteiger partial charge in [0.1, 0.15) is 6.04 Å². The Morgan fingerprint density at radius 2 is 1.77 bits per heavy atom. The van der Waals surface area contributed by atoms with Crippen molar-refractivity contribution in [3.05, 3.63) is 34.9 Å². The smallest absolute Gasteiger partial charge is 0.322 e. The zero-order valence-corrected chi connectivity index (χ0v) is 19.6. The third kappa shape index (κ3) is 4.95. The van der Waals surface area contributed by atoms with E-state index in [9.17, 15) is 27.6 Å². The van der Waals surface area contributed by atoms with Crippen LogP contribution in [0, 0.1) is 11.8 Å². The molecule has 3 atom stereocenters. The maximum absolute atomic E-state index is 13.6. The number of alkyl halides is 3. The summed E-state index contributed by atoms with van der Waals surface area (Å²) in [6.45, 7) is 2.46. The number of piperidine rings is 3. The van der Waals surface area contributed by atoms with Crippen molar-refractivity contribution in [2.75, 3.05) is 19.6 Å². The second-order valence-corrected chi connectivity index (χ2v) is 10.3. The zero-order valence-electron chi connectivity index (χ0n) is 19.6. The molecular weight excluding hydrogens is 461 g/mol. The molecule has 35 heavy (non-hydrogen) atoms. The first-order valence-corrected chi connectivity index (χ1v) is 12.5. The SMILES string of the molecule is O=C1CCC(N2Cc3cc(CN4CC(C(F)(F)F)CCC4C4CCNCC4)ccc3C2=O)C(=O)N1. The lowest BCUT2D eigenvalue weighted by molar-refractivity contribution is -0.193. The van der Waals surface area contributed by atoms with Gasteiger partial charge in [-0.25, -0.2) is 0 Å². The van der Waals surface area contributed by atoms with Crippen molar-refractivity contribution in [2.24, 2.45) is 11.8 Å². The molecule has 190 valence electrons. The van der Waals surface area contributed by atoms with Gasteiger partial charge in [0, 0.05) is 37.7 Å². The Hall–Kier alpha value is -2.46. The van der Waals surface area contributed by atoms with E-state index in [4.69, 9.17) is 0 Å². The van der Waals surface area contributed by atoms with E-state index in [1.807, 2.05) is 17.0 Å². The van der Waals surface area contributed by atoms with E-state index in [0.29, 0.717) is 30.9 Å². The van der Waals surface area contributed by atoms with Crippen LogP contribution in [0.25, 0.3) is 0 Å². The summed E-state index contributed by atoms with van der Waals surface area (Å²) in [5.74, 6) is -1.98. The van der Waals surface area contributed by atoms with E-state index in [1.165, 1.54) is 4.90 Å². The fourth-order valence-electron chi connectivity index (χ4n) is 6.24. The van der Waals surface area contributed by atoms with Crippen molar-refractivity contribution >= 4 is 17.7 Å². The van der Waals surface area contributed by atoms with E-state index in [1.54, 1.807) is 6.07 Å². The number of benzene rings is 1. The number of halogens is 3. The minimum absolute atomic E-state index is 0.00346. The van der Waals surface area contributed by atoms with Crippen LogP contribution in [0.3, 0.4) is 0 Å². The molecule has 3 amide bonds. The maximum atomic E-state index is 13.6. The zero-order chi connectivity index (χ0) is 24.7. The molecule has 0 aliphatic carbocycles. The van der Waals surface area contributed by atoms with Gasteiger partial charge in [-0.05, 0) is 68.3 Å². The topological polar surface area (TPSA) is 81.8 Å². The predicted molar refractivity (Wildman–Crippen MR) is 121 cm³/mol. The van der Waals surface area contributed by atoms with Crippen LogP contribution in [-0.2, 0) is 22.7 Å². The first kappa shape index (κ1) is 24.2. The summed E-state index contributed by atoms with van der Waals surface area (Å²) in [6, 6.07) is 4.88. The van der Waals surface area contributed by atoms with Crippen LogP contribution in [0.15, 0.2) is 18.2 Å². The molecule has 4 aliphatic heterocycles. The number of nitrogens with zero attached hydrogens (tertiary/aromatic N) is 2. The van der Waals surface area contributed by atoms with Gasteiger partial charge in [0.25, 0.3) is 5.91 Å². The van der Waals surface area contributed by atoms with Crippen LogP contribution in [0.5, 0.6) is 0 Å². The maximum Gasteiger partial charge on any atom is 0.393 e. The lowest BCUT2D eigenvalue weighted by Gasteiger charge is -2.45. The molecule has 3 unspecified atom stereocenters. The predicted octanol–water partition coefficient (Wildman–Crippen LogP) is 2.59. The summed E-state index contributed by atoms with van der Waals surface area (Å²) in [4.78, 5) is 40.2. The first-order valence-electron chi connectivity index (χ1n) is 12.5. The molecule has 0 aromatic heterocycles. The minimum Gasteiger partial charge on any atom is -0.322 e. The normalized spacial score (nSPS) is 28.8. The molecule has 3 fully saturated rings. The van der Waals surface area contributed by atoms with E-state index >= 15 is 0 Å². The number of fused-ring (bicyclic) bond motifs is 1. The summed E-state index contributed by atoms with van der Waals surface area (Å²) >= 11 is 0. The highest BCUT2D eigenvalue weighted by Gasteiger charge is 2.46. The molecule has 0 saturated carbocycles. The Bertz CT molecular complexity index is 1010. The number of hydrogen-bond acceptors (Lipinski definition) is 5. The molecule has 5 rings (SSSR count). The van der Waals surface area contributed by atoms with Gasteiger partial charge in [0.15, 0.2) is 0 Å². The molecular formula is C25H31F3N4O3. The Morgan fingerprint density at radius 3 is 2.49 bits per heavy atom. The molecule has 4 aliphatic rings. The molecule has 1 aromatic rings. The molecule has 7 nitrogen and oxygen atoms in total. The number of carbonyl (C=O) groups excluding carboxylic acids is 3. The van der Waals surface area contributed by atoms with Crippen molar-refractivity contribution < 1.29 is 27.6 Å². The number of nitrogens with one attached hydrogen (secondary N) is 2. The van der Waals surface area contributed by atoms with Crippen molar-refractivity contribution in [2.45, 2.75) is 69.9 Å². The molecule has 4 heterocycles. The van der Waals surface area contributed by atoms with Crippen LogP contribution in [0.2, 0.25) is 0 Å². The van der Waals surface area contributed by atoms with Gasteiger partial charge in [0.05, 0.1) is 5.92 Å². The Morgan fingerprint density at radius 1 is 1.00 bits per heavy atom. The number of carbonyl (C=O) groups is 3. The van der Waals surface area contributed by atoms with E-state index in [-0.39, 0.29) is 43.8 Å². The lowest BCUT2D eigenvalue weighted by Crippen LogP contribution is -2.52. The molecule has 2 N–H and O–H groups in total. The minimum atomic E-state index is -4.20. The van der Waals surface area contributed by atoms with Gasteiger partial charge in [-0.1, -0.05) is 12.1 Å². The average molecular weight is 493 g/mol. The van der Waals surface area contributed by atoms with Gasteiger partial charge < -0.3 is 10.2 Å². The van der Waals surface area contributed by atoms with Crippen molar-refractivity contribution in [1.82, 2.24) is 20.4 Å². The van der Waals surface area contributed by atoms with Crippen LogP contribution in [0.4, 0.5) is 13.2 Å². The molecule has 1 aromatic carbocycles. The third-order valence-electron chi connectivity index (χ3n) is 8.10. The number of likely N-dealkylation sites (tertiary alicyclic amines) is 1. The van der Waals surface area contributed by atoms with Crippen LogP contribution < -0.4 is 10.6 Å². The number of rotatable bonds is 4. The van der Waals surface area contributed by atoms with Crippen molar-refractivity contribution in [3.8, 4) is 0 Å². The average Bonchev–Trinajstić information content (AvgIpc) is 3.14. The Labute approximate surface area is 202 Å². The highest BCUT2D eigenvalue weighted by Crippen LogP contribution is 2.39. The van der Waals surface area contributed by atoms with Crippen molar-refractivity contribution in [3.63, 3.8) is 0 Å². The van der Waals surface area contributed by atoms with Gasteiger partial charge in [-0.2, -0.15) is 13.2 Å². The van der Waals surface area contributed by atoms with Gasteiger partial charge in [-0.3, -0.25) is 24.6 Å². The summed E-state index contributed by atoms with van der Waals surface area (Å²) in [5, 5.41) is 5.63. The third-order valence-corrected chi connectivity index (χ3v) is 8.10. The highest BCUT2D eigenvalue weighted by molar-refractivity contribution is 6.05. The molecule has 0 bridgehead atoms. The number of amides is 3. The second-order valence-electron chi connectivity index (χ2n) is 10.3. The fourth-order valence-corrected chi connectivity index (χ4v) is 6.24. The summed E-state index contributed by atoms with van der Waals surface area (Å²) < 4.78 is 40.8. The lowest BCUT2D eigenvalue weighted by atomic mass is 9.81. The second kappa shape index (κ2) is 9.54. The van der Waals surface area contributed by atoms with Gasteiger partial charge in [0.2, 0.25) is 11.8 Å². The Balaban J connectivity index is 1.33. The summed E-state index contributed by atoms with van der Waals surface area (Å²) in [5.41, 5.74) is 2.17. The summed E-state index contributed by atoms with van der Waals surface area (Å²) in [6.07, 6.45) is -1.06. The standard InChI is InChI=1S/C25H31F3N4O3/c26-25(27,28)18-2-4-20(16-7-9-29-10-8-16)31(14-18)12-15-1-3-19-17(11-15)13-32(24(19)35)21-5-6-22(33)30-23(21)34/h1,3,11,16,18,20-21,29H,2,4-10,12-14H2,(H,30,33,34). The van der Waals surface area contributed by atoms with E-state index in [2.05, 4.69) is 10.6 Å². The molecule has 3 saturated heterocycles. The summed E-state index contributed by atoms with van der Waals surface area (Å²) in [7, 11) is 0. The van der Waals surface area contributed by atoms with Crippen molar-refractivity contribution in [1.29, 1.82) is 0 Å². The Kier molecular flexibility index (Phi) is 6.61. The molecule has 10 heteroatoms. The van der Waals surface area contributed by atoms with Crippen LogP contribution >= 0.6 is 0 Å². The van der Waals surface area contributed by atoms with Gasteiger partial charge in [-0.15, -0.1) is 0 Å². The largest absolute Gasteiger partial charge is 0.393 e. The van der Waals surface area contributed by atoms with Gasteiger partial charge >= 0.3 is 6.18 Å². The monoisotopic (exact) mass is 492 g/mol. The fraction of sp³-hybridized carbons (Fsp3) is 0.640. The quantitative estimate of drug-likeness (QED) is 0.632. The van der Waals surface area contributed by atoms with Crippen LogP contribution in [-0.4, -0.2) is 65.4 Å². The first-order chi connectivity index (χ1) is 16.7. The van der Waals surface area contributed by atoms with E-state index < -0.39 is 24.0 Å².